The molecule has 1 amide bonds. The molecule has 1 aliphatic rings. The summed E-state index contributed by atoms with van der Waals surface area (Å²) in [5.41, 5.74) is 1.65. The molecule has 1 fully saturated rings. The van der Waals surface area contributed by atoms with Crippen molar-refractivity contribution in [3.8, 4) is 0 Å². The van der Waals surface area contributed by atoms with Crippen LogP contribution in [0.4, 0.5) is 0 Å². The Balaban J connectivity index is 1.93. The van der Waals surface area contributed by atoms with Crippen LogP contribution in [0, 0.1) is 13.8 Å². The van der Waals surface area contributed by atoms with Gasteiger partial charge in [-0.05, 0) is 32.8 Å². The molecular weight excluding hydrogens is 342 g/mol. The molecule has 8 nitrogen and oxygen atoms in total. The Morgan fingerprint density at radius 2 is 2.12 bits per heavy atom. The Morgan fingerprint density at radius 3 is 2.76 bits per heavy atom. The minimum absolute atomic E-state index is 0.0201. The number of carbonyl (C=O) groups is 1. The van der Waals surface area contributed by atoms with Gasteiger partial charge in [-0.2, -0.15) is 4.98 Å². The topological polar surface area (TPSA) is 97.5 Å². The number of rotatable bonds is 5. The summed E-state index contributed by atoms with van der Waals surface area (Å²) in [6.07, 6.45) is 2.20. The fourth-order valence-corrected chi connectivity index (χ4v) is 4.92. The van der Waals surface area contributed by atoms with E-state index in [0.717, 1.165) is 24.2 Å². The Kier molecular flexibility index (Phi) is 4.77. The van der Waals surface area contributed by atoms with Crippen LogP contribution >= 0.6 is 0 Å². The molecule has 9 heteroatoms. The Bertz CT molecular complexity index is 906. The van der Waals surface area contributed by atoms with Gasteiger partial charge in [0.2, 0.25) is 5.82 Å². The highest BCUT2D eigenvalue weighted by Gasteiger charge is 2.36. The van der Waals surface area contributed by atoms with E-state index < -0.39 is 9.84 Å². The molecule has 0 spiro atoms. The number of hydrogen-bond donors (Lipinski definition) is 0. The quantitative estimate of drug-likeness (QED) is 0.789. The molecule has 3 heterocycles. The second-order valence-electron chi connectivity index (χ2n) is 6.60. The van der Waals surface area contributed by atoms with Gasteiger partial charge in [0.25, 0.3) is 11.7 Å². The van der Waals surface area contributed by atoms with E-state index in [4.69, 9.17) is 0 Å². The van der Waals surface area contributed by atoms with Gasteiger partial charge in [0.15, 0.2) is 9.84 Å². The lowest BCUT2D eigenvalue weighted by molar-refractivity contribution is 0.0682. The largest absolute Gasteiger partial charge is 0.332 e. The zero-order chi connectivity index (χ0) is 18.2. The molecule has 0 bridgehead atoms. The van der Waals surface area contributed by atoms with E-state index in [1.165, 1.54) is 0 Å². The van der Waals surface area contributed by atoms with Crippen LogP contribution in [0.15, 0.2) is 6.07 Å². The van der Waals surface area contributed by atoms with Crippen molar-refractivity contribution in [3.05, 3.63) is 23.3 Å². The average Bonchev–Trinajstić information content (AvgIpc) is 3.11. The molecule has 3 rings (SSSR count). The summed E-state index contributed by atoms with van der Waals surface area (Å²) in [6.45, 7) is 6.28. The van der Waals surface area contributed by atoms with Crippen LogP contribution in [0.3, 0.4) is 0 Å². The van der Waals surface area contributed by atoms with Gasteiger partial charge >= 0.3 is 0 Å². The first kappa shape index (κ1) is 17.8. The molecule has 2 aromatic heterocycles. The minimum atomic E-state index is -3.07. The van der Waals surface area contributed by atoms with Crippen molar-refractivity contribution in [3.63, 3.8) is 0 Å². The van der Waals surface area contributed by atoms with Gasteiger partial charge in [0, 0.05) is 24.0 Å². The number of sulfone groups is 1. The number of fused-ring (bicyclic) bond motifs is 1. The monoisotopic (exact) mass is 365 g/mol. The minimum Gasteiger partial charge on any atom is -0.332 e. The average molecular weight is 365 g/mol. The van der Waals surface area contributed by atoms with Crippen LogP contribution in [0.5, 0.6) is 0 Å². The zero-order valence-electron chi connectivity index (χ0n) is 14.8. The molecule has 0 radical (unpaired) electrons. The fourth-order valence-electron chi connectivity index (χ4n) is 3.18. The normalized spacial score (nSPS) is 19.4. The lowest BCUT2D eigenvalue weighted by Gasteiger charge is -2.27. The molecule has 1 atom stereocenters. The molecule has 0 aromatic carbocycles. The van der Waals surface area contributed by atoms with Crippen LogP contribution in [-0.4, -0.2) is 62.9 Å². The SMILES string of the molecule is CCCCN(C(=O)c1nc2nc(C)cc(C)n2n1)C1CCS(=O)(=O)C1. The first-order valence-electron chi connectivity index (χ1n) is 8.53. The first-order valence-corrected chi connectivity index (χ1v) is 10.4. The second-order valence-corrected chi connectivity index (χ2v) is 8.82. The zero-order valence-corrected chi connectivity index (χ0v) is 15.6. The molecule has 25 heavy (non-hydrogen) atoms. The van der Waals surface area contributed by atoms with Gasteiger partial charge in [-0.15, -0.1) is 5.10 Å². The number of aryl methyl sites for hydroxylation is 2. The van der Waals surface area contributed by atoms with Crippen LogP contribution in [-0.2, 0) is 9.84 Å². The van der Waals surface area contributed by atoms with Crippen LogP contribution < -0.4 is 0 Å². The third-order valence-electron chi connectivity index (χ3n) is 4.47. The van der Waals surface area contributed by atoms with Gasteiger partial charge in [0.1, 0.15) is 0 Å². The summed E-state index contributed by atoms with van der Waals surface area (Å²) < 4.78 is 25.2. The maximum Gasteiger partial charge on any atom is 0.293 e. The fraction of sp³-hybridized carbons (Fsp3) is 0.625. The third kappa shape index (κ3) is 3.65. The number of hydrogen-bond acceptors (Lipinski definition) is 6. The molecule has 2 aromatic rings. The van der Waals surface area contributed by atoms with Gasteiger partial charge in [0.05, 0.1) is 11.5 Å². The molecule has 0 aliphatic carbocycles. The van der Waals surface area contributed by atoms with Gasteiger partial charge in [-0.3, -0.25) is 4.79 Å². The highest BCUT2D eigenvalue weighted by molar-refractivity contribution is 7.91. The van der Waals surface area contributed by atoms with E-state index in [0.29, 0.717) is 18.7 Å². The number of unbranched alkanes of at least 4 members (excludes halogenated alkanes) is 1. The molecule has 1 aliphatic heterocycles. The van der Waals surface area contributed by atoms with E-state index in [-0.39, 0.29) is 29.3 Å². The van der Waals surface area contributed by atoms with Crippen molar-refractivity contribution in [1.29, 1.82) is 0 Å². The molecular formula is C16H23N5O3S. The lowest BCUT2D eigenvalue weighted by atomic mass is 10.2. The maximum atomic E-state index is 13.0. The van der Waals surface area contributed by atoms with Crippen LogP contribution in [0.1, 0.15) is 48.2 Å². The molecule has 136 valence electrons. The van der Waals surface area contributed by atoms with E-state index >= 15 is 0 Å². The summed E-state index contributed by atoms with van der Waals surface area (Å²) in [5, 5.41) is 4.29. The van der Waals surface area contributed by atoms with Crippen molar-refractivity contribution >= 4 is 21.5 Å². The number of nitrogens with zero attached hydrogens (tertiary/aromatic N) is 5. The van der Waals surface area contributed by atoms with Gasteiger partial charge in [-0.1, -0.05) is 13.3 Å². The standard InChI is InChI=1S/C16H23N5O3S/c1-4-5-7-20(13-6-8-25(23,24)10-13)15(22)14-18-16-17-11(2)9-12(3)21(16)19-14/h9,13H,4-8,10H2,1-3H3. The maximum absolute atomic E-state index is 13.0. The second kappa shape index (κ2) is 6.70. The Hall–Kier alpha value is -2.03. The summed E-state index contributed by atoms with van der Waals surface area (Å²) in [7, 11) is -3.07. The molecule has 0 saturated carbocycles. The summed E-state index contributed by atoms with van der Waals surface area (Å²) in [4.78, 5) is 23.2. The first-order chi connectivity index (χ1) is 11.8. The van der Waals surface area contributed by atoms with Crippen LogP contribution in [0.2, 0.25) is 0 Å². The number of carbonyl (C=O) groups excluding carboxylic acids is 1. The van der Waals surface area contributed by atoms with Gasteiger partial charge in [-0.25, -0.2) is 17.9 Å². The Morgan fingerprint density at radius 1 is 1.36 bits per heavy atom. The summed E-state index contributed by atoms with van der Waals surface area (Å²) in [5.74, 6) is 0.285. The number of amides is 1. The highest BCUT2D eigenvalue weighted by Crippen LogP contribution is 2.20. The summed E-state index contributed by atoms with van der Waals surface area (Å²) in [6, 6.07) is 1.57. The van der Waals surface area contributed by atoms with E-state index in [1.807, 2.05) is 26.8 Å². The van der Waals surface area contributed by atoms with Crippen molar-refractivity contribution in [2.45, 2.75) is 46.1 Å². The predicted octanol–water partition coefficient (Wildman–Crippen LogP) is 1.17. The smallest absolute Gasteiger partial charge is 0.293 e. The van der Waals surface area contributed by atoms with E-state index in [1.54, 1.807) is 9.42 Å². The highest BCUT2D eigenvalue weighted by atomic mass is 32.2. The van der Waals surface area contributed by atoms with Crippen molar-refractivity contribution in [1.82, 2.24) is 24.5 Å². The van der Waals surface area contributed by atoms with Crippen molar-refractivity contribution < 1.29 is 13.2 Å². The van der Waals surface area contributed by atoms with Crippen LogP contribution in [0.25, 0.3) is 5.78 Å². The van der Waals surface area contributed by atoms with Crippen molar-refractivity contribution in [2.75, 3.05) is 18.1 Å². The molecule has 0 N–H and O–H groups in total. The molecule has 1 saturated heterocycles. The third-order valence-corrected chi connectivity index (χ3v) is 6.22. The molecule has 1 unspecified atom stereocenters. The Labute approximate surface area is 147 Å². The van der Waals surface area contributed by atoms with Gasteiger partial charge < -0.3 is 4.90 Å². The lowest BCUT2D eigenvalue weighted by Crippen LogP contribution is -2.42. The predicted molar refractivity (Wildman–Crippen MR) is 93.3 cm³/mol. The van der Waals surface area contributed by atoms with E-state index in [9.17, 15) is 13.2 Å². The number of aromatic nitrogens is 4. The van der Waals surface area contributed by atoms with Crippen molar-refractivity contribution in [2.24, 2.45) is 0 Å². The van der Waals surface area contributed by atoms with E-state index in [2.05, 4.69) is 15.1 Å². The summed E-state index contributed by atoms with van der Waals surface area (Å²) >= 11 is 0.